The fourth-order valence-corrected chi connectivity index (χ4v) is 10.7. The Hall–Kier alpha value is -6.94. The van der Waals surface area contributed by atoms with Crippen molar-refractivity contribution in [1.29, 1.82) is 0 Å². The molecule has 9 aromatic carbocycles. The van der Waals surface area contributed by atoms with E-state index < -0.39 is 0 Å². The second kappa shape index (κ2) is 19.5. The maximum absolute atomic E-state index is 4.33. The van der Waals surface area contributed by atoms with E-state index in [0.29, 0.717) is 0 Å². The predicted octanol–water partition coefficient (Wildman–Crippen LogP) is 19.0. The van der Waals surface area contributed by atoms with Crippen LogP contribution in [0.1, 0.15) is 105 Å². The highest BCUT2D eigenvalue weighted by molar-refractivity contribution is 9.10. The number of hydrogen-bond donors (Lipinski definition) is 0. The monoisotopic (exact) mass is 976 g/mol. The van der Waals surface area contributed by atoms with Crippen molar-refractivity contribution in [3.05, 3.63) is 285 Å². The smallest absolute Gasteiger partial charge is 0.0657 e. The third kappa shape index (κ3) is 9.40. The number of halogens is 1. The zero-order chi connectivity index (χ0) is 49.3. The van der Waals surface area contributed by atoms with Crippen molar-refractivity contribution in [2.75, 3.05) is 9.80 Å². The minimum atomic E-state index is -0.176. The van der Waals surface area contributed by atoms with Crippen LogP contribution in [0.5, 0.6) is 0 Å². The first kappa shape index (κ1) is 48.1. The Morgan fingerprint density at radius 1 is 0.271 bits per heavy atom. The van der Waals surface area contributed by atoms with Crippen LogP contribution in [0.25, 0.3) is 0 Å². The van der Waals surface area contributed by atoms with Crippen molar-refractivity contribution >= 4 is 50.1 Å². The van der Waals surface area contributed by atoms with Crippen LogP contribution >= 0.6 is 15.9 Å². The van der Waals surface area contributed by atoms with Gasteiger partial charge in [0.25, 0.3) is 0 Å². The van der Waals surface area contributed by atoms with Crippen molar-refractivity contribution in [2.45, 2.75) is 84.0 Å². The van der Waals surface area contributed by atoms with Crippen molar-refractivity contribution < 1.29 is 0 Å². The molecule has 0 fully saturated rings. The predicted molar refractivity (Wildman–Crippen MR) is 303 cm³/mol. The standard InChI is InChI=1S/C67H65BrN2/c1-48-46-61(69(57-38-30-53(31-39-57)64(2,3)49-22-14-10-15-23-49)58-40-32-54(33-41-58)65(4,5)50-24-16-11-17-25-50)63(68)62(47-48)70(59-42-34-55(35-43-59)66(6,7)51-26-18-12-19-27-51)60-44-36-56(37-45-60)67(8,9)52-28-20-13-21-29-52/h10-47H,1-9H3. The average molecular weight is 978 g/mol. The summed E-state index contributed by atoms with van der Waals surface area (Å²) < 4.78 is 0.989. The van der Waals surface area contributed by atoms with Crippen LogP contribution < -0.4 is 9.80 Å². The molecule has 0 aliphatic heterocycles. The number of anilines is 6. The quantitative estimate of drug-likeness (QED) is 0.107. The summed E-state index contributed by atoms with van der Waals surface area (Å²) >= 11 is 4.33. The SMILES string of the molecule is Cc1cc(N(c2ccc(C(C)(C)c3ccccc3)cc2)c2ccc(C(C)(C)c3ccccc3)cc2)c(Br)c(N(c2ccc(C(C)(C)c3ccccc3)cc2)c2ccc(C(C)(C)c3ccccc3)cc2)c1. The first-order valence-electron chi connectivity index (χ1n) is 24.6. The Morgan fingerprint density at radius 3 is 0.657 bits per heavy atom. The second-order valence-corrected chi connectivity index (χ2v) is 21.7. The molecule has 0 saturated carbocycles. The molecule has 9 aromatic rings. The average Bonchev–Trinajstić information content (AvgIpc) is 3.39. The third-order valence-electron chi connectivity index (χ3n) is 15.0. The fraction of sp³-hybridized carbons (Fsp3) is 0.194. The van der Waals surface area contributed by atoms with Gasteiger partial charge in [-0.2, -0.15) is 0 Å². The highest BCUT2D eigenvalue weighted by Gasteiger charge is 2.29. The first-order valence-corrected chi connectivity index (χ1v) is 25.4. The molecule has 3 heteroatoms. The van der Waals surface area contributed by atoms with Gasteiger partial charge in [-0.3, -0.25) is 0 Å². The largest absolute Gasteiger partial charge is 0.309 e. The zero-order valence-electron chi connectivity index (χ0n) is 42.2. The van der Waals surface area contributed by atoms with E-state index in [-0.39, 0.29) is 21.7 Å². The summed E-state index contributed by atoms with van der Waals surface area (Å²) in [5.41, 5.74) is 17.0. The van der Waals surface area contributed by atoms with Crippen LogP contribution in [0.3, 0.4) is 0 Å². The summed E-state index contributed by atoms with van der Waals surface area (Å²) in [4.78, 5) is 4.82. The van der Waals surface area contributed by atoms with Crippen molar-refractivity contribution in [3.63, 3.8) is 0 Å². The maximum atomic E-state index is 4.33. The lowest BCUT2D eigenvalue weighted by Crippen LogP contribution is -2.20. The highest BCUT2D eigenvalue weighted by atomic mass is 79.9. The molecular formula is C67H65BrN2. The second-order valence-electron chi connectivity index (χ2n) is 20.9. The van der Waals surface area contributed by atoms with Gasteiger partial charge in [0.15, 0.2) is 0 Å². The van der Waals surface area contributed by atoms with Gasteiger partial charge in [0, 0.05) is 44.4 Å². The van der Waals surface area contributed by atoms with E-state index in [0.717, 1.165) is 44.2 Å². The molecule has 0 radical (unpaired) electrons. The first-order chi connectivity index (χ1) is 33.6. The van der Waals surface area contributed by atoms with E-state index in [1.54, 1.807) is 0 Å². The summed E-state index contributed by atoms with van der Waals surface area (Å²) in [5, 5.41) is 0. The van der Waals surface area contributed by atoms with E-state index in [4.69, 9.17) is 0 Å². The molecule has 0 unspecified atom stereocenters. The molecule has 0 amide bonds. The van der Waals surface area contributed by atoms with Crippen molar-refractivity contribution in [2.24, 2.45) is 0 Å². The van der Waals surface area contributed by atoms with Crippen LogP contribution in [0, 0.1) is 6.92 Å². The van der Waals surface area contributed by atoms with E-state index in [2.05, 4.69) is 319 Å². The number of benzene rings is 9. The van der Waals surface area contributed by atoms with Gasteiger partial charge in [-0.15, -0.1) is 0 Å². The van der Waals surface area contributed by atoms with Gasteiger partial charge in [-0.25, -0.2) is 0 Å². The number of aryl methyl sites for hydroxylation is 1. The molecule has 0 heterocycles. The van der Waals surface area contributed by atoms with Crippen LogP contribution in [0.15, 0.2) is 235 Å². The van der Waals surface area contributed by atoms with Gasteiger partial charge >= 0.3 is 0 Å². The van der Waals surface area contributed by atoms with Crippen LogP contribution in [-0.4, -0.2) is 0 Å². The molecule has 0 aliphatic rings. The van der Waals surface area contributed by atoms with Gasteiger partial charge in [0.2, 0.25) is 0 Å². The van der Waals surface area contributed by atoms with Crippen LogP contribution in [0.4, 0.5) is 34.1 Å². The Labute approximate surface area is 426 Å². The molecule has 350 valence electrons. The van der Waals surface area contributed by atoms with Gasteiger partial charge in [-0.05, 0) is 134 Å². The fourth-order valence-electron chi connectivity index (χ4n) is 10.1. The summed E-state index contributed by atoms with van der Waals surface area (Å²) in [6.45, 7) is 20.7. The molecule has 0 bridgehead atoms. The van der Waals surface area contributed by atoms with Gasteiger partial charge in [-0.1, -0.05) is 225 Å². The van der Waals surface area contributed by atoms with Gasteiger partial charge in [0.05, 0.1) is 15.8 Å². The molecule has 0 spiro atoms. The number of nitrogens with zero attached hydrogens (tertiary/aromatic N) is 2. The van der Waals surface area contributed by atoms with E-state index in [1.807, 2.05) is 0 Å². The molecule has 0 aliphatic carbocycles. The number of rotatable bonds is 14. The Balaban J connectivity index is 1.19. The third-order valence-corrected chi connectivity index (χ3v) is 15.8. The molecule has 70 heavy (non-hydrogen) atoms. The molecule has 9 rings (SSSR count). The van der Waals surface area contributed by atoms with Gasteiger partial charge < -0.3 is 9.80 Å². The molecule has 0 atom stereocenters. The Bertz CT molecular complexity index is 2750. The summed E-state index contributed by atoms with van der Waals surface area (Å²) in [6.07, 6.45) is 0. The lowest BCUT2D eigenvalue weighted by atomic mass is 9.78. The zero-order valence-corrected chi connectivity index (χ0v) is 43.8. The van der Waals surface area contributed by atoms with E-state index in [1.165, 1.54) is 44.5 Å². The molecule has 0 saturated heterocycles. The molecule has 2 nitrogen and oxygen atoms in total. The van der Waals surface area contributed by atoms with E-state index in [9.17, 15) is 0 Å². The highest BCUT2D eigenvalue weighted by Crippen LogP contribution is 2.49. The molecular weight excluding hydrogens is 913 g/mol. The van der Waals surface area contributed by atoms with E-state index >= 15 is 0 Å². The van der Waals surface area contributed by atoms with Crippen LogP contribution in [0.2, 0.25) is 0 Å². The van der Waals surface area contributed by atoms with Crippen molar-refractivity contribution in [3.8, 4) is 0 Å². The van der Waals surface area contributed by atoms with Crippen molar-refractivity contribution in [1.82, 2.24) is 0 Å². The number of hydrogen-bond acceptors (Lipinski definition) is 2. The maximum Gasteiger partial charge on any atom is 0.0657 e. The molecule has 0 N–H and O–H groups in total. The topological polar surface area (TPSA) is 6.48 Å². The normalized spacial score (nSPS) is 12.1. The Morgan fingerprint density at radius 2 is 0.457 bits per heavy atom. The molecule has 0 aromatic heterocycles. The summed E-state index contributed by atoms with van der Waals surface area (Å²) in [7, 11) is 0. The minimum Gasteiger partial charge on any atom is -0.309 e. The Kier molecular flexibility index (Phi) is 13.4. The minimum absolute atomic E-state index is 0.176. The summed E-state index contributed by atoms with van der Waals surface area (Å²) in [6, 6.07) is 84.5. The van der Waals surface area contributed by atoms with Gasteiger partial charge in [0.1, 0.15) is 0 Å². The van der Waals surface area contributed by atoms with Crippen LogP contribution in [-0.2, 0) is 21.7 Å². The summed E-state index contributed by atoms with van der Waals surface area (Å²) in [5.74, 6) is 0. The lowest BCUT2D eigenvalue weighted by Gasteiger charge is -2.33. The lowest BCUT2D eigenvalue weighted by molar-refractivity contribution is 0.640.